The number of ether oxygens (including phenoxy) is 1. The molecule has 92 valence electrons. The third-order valence-electron chi connectivity index (χ3n) is 2.41. The lowest BCUT2D eigenvalue weighted by molar-refractivity contribution is 0.0770. The Morgan fingerprint density at radius 1 is 1.38 bits per heavy atom. The number of hydrogen-bond donors (Lipinski definition) is 1. The Balaban J connectivity index is 2.09. The first-order valence-electron chi connectivity index (χ1n) is 5.98. The Labute approximate surface area is 98.2 Å². The van der Waals surface area contributed by atoms with Gasteiger partial charge in [0, 0.05) is 18.7 Å². The second-order valence-electron chi connectivity index (χ2n) is 4.39. The van der Waals surface area contributed by atoms with E-state index in [9.17, 15) is 0 Å². The largest absolute Gasteiger partial charge is 0.466 e. The molecule has 0 unspecified atom stereocenters. The van der Waals surface area contributed by atoms with Gasteiger partial charge in [-0.2, -0.15) is 0 Å². The average molecular weight is 225 g/mol. The van der Waals surface area contributed by atoms with E-state index >= 15 is 0 Å². The third kappa shape index (κ3) is 4.81. The first kappa shape index (κ1) is 13.3. The topological polar surface area (TPSA) is 34.4 Å². The van der Waals surface area contributed by atoms with Crippen molar-refractivity contribution in [3.63, 3.8) is 0 Å². The molecule has 0 bridgehead atoms. The molecule has 3 nitrogen and oxygen atoms in total. The molecule has 16 heavy (non-hydrogen) atoms. The monoisotopic (exact) mass is 225 g/mol. The summed E-state index contributed by atoms with van der Waals surface area (Å²) in [4.78, 5) is 0. The quantitative estimate of drug-likeness (QED) is 0.725. The van der Waals surface area contributed by atoms with Crippen molar-refractivity contribution in [2.24, 2.45) is 0 Å². The van der Waals surface area contributed by atoms with Crippen LogP contribution >= 0.6 is 0 Å². The van der Waals surface area contributed by atoms with Gasteiger partial charge in [-0.15, -0.1) is 0 Å². The standard InChI is InChI=1S/C13H23NO2/c1-10(2)15-7-5-6-14-9-13-8-11(3)16-12(13)4/h8,10,14H,5-7,9H2,1-4H3. The van der Waals surface area contributed by atoms with Crippen LogP contribution in [-0.4, -0.2) is 19.3 Å². The Morgan fingerprint density at radius 2 is 2.12 bits per heavy atom. The molecule has 3 heteroatoms. The number of nitrogens with one attached hydrogen (secondary N) is 1. The number of furan rings is 1. The molecular weight excluding hydrogens is 202 g/mol. The Bertz CT molecular complexity index is 305. The molecule has 0 radical (unpaired) electrons. The van der Waals surface area contributed by atoms with Crippen LogP contribution < -0.4 is 5.32 Å². The summed E-state index contributed by atoms with van der Waals surface area (Å²) in [5.74, 6) is 2.00. The lowest BCUT2D eigenvalue weighted by Gasteiger charge is -2.07. The van der Waals surface area contributed by atoms with Crippen molar-refractivity contribution in [1.29, 1.82) is 0 Å². The minimum Gasteiger partial charge on any atom is -0.466 e. The van der Waals surface area contributed by atoms with E-state index in [1.54, 1.807) is 0 Å². The molecule has 1 heterocycles. The molecule has 0 atom stereocenters. The lowest BCUT2D eigenvalue weighted by Crippen LogP contribution is -2.17. The summed E-state index contributed by atoms with van der Waals surface area (Å²) in [6.45, 7) is 10.8. The van der Waals surface area contributed by atoms with Gasteiger partial charge in [0.2, 0.25) is 0 Å². The minimum atomic E-state index is 0.332. The highest BCUT2D eigenvalue weighted by Crippen LogP contribution is 2.12. The Hall–Kier alpha value is -0.800. The summed E-state index contributed by atoms with van der Waals surface area (Å²) in [5.41, 5.74) is 1.25. The van der Waals surface area contributed by atoms with E-state index in [-0.39, 0.29) is 0 Å². The fourth-order valence-electron chi connectivity index (χ4n) is 1.60. The van der Waals surface area contributed by atoms with Crippen LogP contribution in [0.4, 0.5) is 0 Å². The molecule has 0 saturated carbocycles. The molecular formula is C13H23NO2. The van der Waals surface area contributed by atoms with Gasteiger partial charge in [0.25, 0.3) is 0 Å². The van der Waals surface area contributed by atoms with Gasteiger partial charge in [-0.05, 0) is 46.7 Å². The van der Waals surface area contributed by atoms with Gasteiger partial charge in [-0.1, -0.05) is 0 Å². The van der Waals surface area contributed by atoms with Crippen molar-refractivity contribution in [3.8, 4) is 0 Å². The molecule has 0 fully saturated rings. The summed E-state index contributed by atoms with van der Waals surface area (Å²) >= 11 is 0. The molecule has 1 N–H and O–H groups in total. The molecule has 0 aromatic carbocycles. The number of hydrogen-bond acceptors (Lipinski definition) is 3. The van der Waals surface area contributed by atoms with Crippen LogP contribution in [0.15, 0.2) is 10.5 Å². The van der Waals surface area contributed by atoms with Crippen molar-refractivity contribution < 1.29 is 9.15 Å². The summed E-state index contributed by atoms with van der Waals surface area (Å²) in [7, 11) is 0. The molecule has 0 saturated heterocycles. The van der Waals surface area contributed by atoms with Crippen LogP contribution in [0.5, 0.6) is 0 Å². The molecule has 0 aliphatic carbocycles. The van der Waals surface area contributed by atoms with E-state index in [0.29, 0.717) is 6.10 Å². The molecule has 0 aliphatic heterocycles. The first-order valence-corrected chi connectivity index (χ1v) is 5.98. The third-order valence-corrected chi connectivity index (χ3v) is 2.41. The van der Waals surface area contributed by atoms with Crippen LogP contribution in [0.25, 0.3) is 0 Å². The van der Waals surface area contributed by atoms with Crippen LogP contribution in [0.1, 0.15) is 37.4 Å². The fraction of sp³-hybridized carbons (Fsp3) is 0.692. The minimum absolute atomic E-state index is 0.332. The van der Waals surface area contributed by atoms with Crippen LogP contribution in [0, 0.1) is 13.8 Å². The zero-order chi connectivity index (χ0) is 12.0. The summed E-state index contributed by atoms with van der Waals surface area (Å²) in [6.07, 6.45) is 1.38. The SMILES string of the molecule is Cc1cc(CNCCCOC(C)C)c(C)o1. The second-order valence-corrected chi connectivity index (χ2v) is 4.39. The van der Waals surface area contributed by atoms with Gasteiger partial charge in [0.05, 0.1) is 6.10 Å². The maximum Gasteiger partial charge on any atom is 0.105 e. The Kier molecular flexibility index (Phi) is 5.56. The number of aryl methyl sites for hydroxylation is 2. The average Bonchev–Trinajstić information content (AvgIpc) is 2.50. The fourth-order valence-corrected chi connectivity index (χ4v) is 1.60. The normalized spacial score (nSPS) is 11.3. The zero-order valence-corrected chi connectivity index (χ0v) is 10.8. The summed E-state index contributed by atoms with van der Waals surface area (Å²) < 4.78 is 10.9. The maximum atomic E-state index is 5.46. The van der Waals surface area contributed by atoms with Gasteiger partial charge in [0.1, 0.15) is 11.5 Å². The molecule has 0 amide bonds. The molecule has 1 aromatic rings. The highest BCUT2D eigenvalue weighted by Gasteiger charge is 2.03. The van der Waals surface area contributed by atoms with E-state index in [1.165, 1.54) is 5.56 Å². The van der Waals surface area contributed by atoms with Crippen molar-refractivity contribution in [3.05, 3.63) is 23.2 Å². The van der Waals surface area contributed by atoms with Crippen molar-refractivity contribution >= 4 is 0 Å². The first-order chi connectivity index (χ1) is 7.59. The van der Waals surface area contributed by atoms with Gasteiger partial charge in [0.15, 0.2) is 0 Å². The highest BCUT2D eigenvalue weighted by atomic mass is 16.5. The molecule has 1 aromatic heterocycles. The predicted molar refractivity (Wildman–Crippen MR) is 65.6 cm³/mol. The molecule has 0 spiro atoms. The summed E-state index contributed by atoms with van der Waals surface area (Å²) in [5, 5.41) is 3.39. The van der Waals surface area contributed by atoms with Gasteiger partial charge >= 0.3 is 0 Å². The van der Waals surface area contributed by atoms with Crippen LogP contribution in [-0.2, 0) is 11.3 Å². The molecule has 1 rings (SSSR count). The van der Waals surface area contributed by atoms with E-state index in [1.807, 2.05) is 13.8 Å². The zero-order valence-electron chi connectivity index (χ0n) is 10.8. The van der Waals surface area contributed by atoms with Gasteiger partial charge in [-0.25, -0.2) is 0 Å². The maximum absolute atomic E-state index is 5.46. The van der Waals surface area contributed by atoms with Crippen molar-refractivity contribution in [2.45, 2.75) is 46.8 Å². The number of rotatable bonds is 7. The summed E-state index contributed by atoms with van der Waals surface area (Å²) in [6, 6.07) is 2.09. The van der Waals surface area contributed by atoms with E-state index in [4.69, 9.17) is 9.15 Å². The Morgan fingerprint density at radius 3 is 2.69 bits per heavy atom. The van der Waals surface area contributed by atoms with Crippen LogP contribution in [0.3, 0.4) is 0 Å². The second kappa shape index (κ2) is 6.71. The van der Waals surface area contributed by atoms with E-state index < -0.39 is 0 Å². The van der Waals surface area contributed by atoms with Gasteiger partial charge < -0.3 is 14.5 Å². The van der Waals surface area contributed by atoms with E-state index in [2.05, 4.69) is 25.2 Å². The molecule has 0 aliphatic rings. The van der Waals surface area contributed by atoms with Crippen molar-refractivity contribution in [2.75, 3.05) is 13.2 Å². The highest BCUT2D eigenvalue weighted by molar-refractivity contribution is 5.19. The van der Waals surface area contributed by atoms with Gasteiger partial charge in [-0.3, -0.25) is 0 Å². The smallest absolute Gasteiger partial charge is 0.105 e. The van der Waals surface area contributed by atoms with E-state index in [0.717, 1.165) is 37.6 Å². The lowest BCUT2D eigenvalue weighted by atomic mass is 10.2. The van der Waals surface area contributed by atoms with Crippen LogP contribution in [0.2, 0.25) is 0 Å². The van der Waals surface area contributed by atoms with Crippen molar-refractivity contribution in [1.82, 2.24) is 5.32 Å². The predicted octanol–water partition coefficient (Wildman–Crippen LogP) is 2.80.